The number of aromatic nitrogens is 3. The third kappa shape index (κ3) is 5.00. The van der Waals surface area contributed by atoms with Crippen molar-refractivity contribution in [2.24, 2.45) is 0 Å². The molecule has 0 aliphatic heterocycles. The van der Waals surface area contributed by atoms with Crippen LogP contribution in [0, 0.1) is 0 Å². The van der Waals surface area contributed by atoms with E-state index in [4.69, 9.17) is 11.6 Å². The lowest BCUT2D eigenvalue weighted by molar-refractivity contribution is -0.120. The van der Waals surface area contributed by atoms with E-state index in [-0.39, 0.29) is 11.2 Å². The van der Waals surface area contributed by atoms with Crippen molar-refractivity contribution in [3.8, 4) is 11.4 Å². The number of allylic oxidation sites excluding steroid dienone is 1. The van der Waals surface area contributed by atoms with E-state index in [1.165, 1.54) is 11.8 Å². The summed E-state index contributed by atoms with van der Waals surface area (Å²) in [6.07, 6.45) is 1.79. The highest BCUT2D eigenvalue weighted by Gasteiger charge is 2.20. The van der Waals surface area contributed by atoms with Gasteiger partial charge in [-0.2, -0.15) is 0 Å². The van der Waals surface area contributed by atoms with Crippen LogP contribution in [0.15, 0.2) is 59.6 Å². The molecule has 0 aliphatic rings. The number of hydrogen-bond acceptors (Lipinski definition) is 5. The van der Waals surface area contributed by atoms with Gasteiger partial charge in [0.25, 0.3) is 0 Å². The molecule has 27 heavy (non-hydrogen) atoms. The number of hydrogen-bond donors (Lipinski definition) is 1. The molecule has 1 aromatic carbocycles. The minimum atomic E-state index is -0.296. The van der Waals surface area contributed by atoms with Gasteiger partial charge in [0, 0.05) is 22.0 Å². The molecule has 1 atom stereocenters. The van der Waals surface area contributed by atoms with E-state index < -0.39 is 0 Å². The predicted molar refractivity (Wildman–Crippen MR) is 112 cm³/mol. The molecule has 0 saturated heterocycles. The minimum absolute atomic E-state index is 0.0328. The molecule has 3 aromatic rings. The predicted octanol–water partition coefficient (Wildman–Crippen LogP) is 4.64. The zero-order chi connectivity index (χ0) is 19.2. The van der Waals surface area contributed by atoms with Gasteiger partial charge in [-0.3, -0.25) is 9.36 Å². The summed E-state index contributed by atoms with van der Waals surface area (Å²) < 4.78 is 1.95. The van der Waals surface area contributed by atoms with Crippen molar-refractivity contribution < 1.29 is 4.79 Å². The summed E-state index contributed by atoms with van der Waals surface area (Å²) in [5, 5.41) is 14.6. The van der Waals surface area contributed by atoms with Gasteiger partial charge in [-0.05, 0) is 42.6 Å². The smallest absolute Gasteiger partial charge is 0.233 e. The summed E-state index contributed by atoms with van der Waals surface area (Å²) in [4.78, 5) is 13.5. The first-order valence-electron chi connectivity index (χ1n) is 8.35. The van der Waals surface area contributed by atoms with Crippen molar-refractivity contribution in [2.75, 3.05) is 0 Å². The molecular weight excluding hydrogens is 400 g/mol. The number of thioether (sulfide) groups is 1. The van der Waals surface area contributed by atoms with E-state index >= 15 is 0 Å². The number of amides is 1. The molecule has 0 radical (unpaired) electrons. The third-order valence-electron chi connectivity index (χ3n) is 3.80. The fourth-order valence-corrected chi connectivity index (χ4v) is 4.08. The van der Waals surface area contributed by atoms with E-state index in [0.717, 1.165) is 16.3 Å². The Hall–Kier alpha value is -2.09. The first-order chi connectivity index (χ1) is 13.1. The van der Waals surface area contributed by atoms with Crippen LogP contribution in [0.3, 0.4) is 0 Å². The number of benzene rings is 1. The number of thiophene rings is 1. The average molecular weight is 419 g/mol. The Bertz CT molecular complexity index is 906. The summed E-state index contributed by atoms with van der Waals surface area (Å²) in [7, 11) is 0. The normalized spacial score (nSPS) is 11.9. The molecule has 1 N–H and O–H groups in total. The molecule has 5 nitrogen and oxygen atoms in total. The highest BCUT2D eigenvalue weighted by atomic mass is 35.5. The topological polar surface area (TPSA) is 59.8 Å². The van der Waals surface area contributed by atoms with Gasteiger partial charge in [0.1, 0.15) is 0 Å². The third-order valence-corrected chi connectivity index (χ3v) is 6.01. The van der Waals surface area contributed by atoms with E-state index in [1.54, 1.807) is 17.4 Å². The van der Waals surface area contributed by atoms with Crippen LogP contribution in [0.25, 0.3) is 11.4 Å². The van der Waals surface area contributed by atoms with Gasteiger partial charge in [-0.1, -0.05) is 35.5 Å². The summed E-state index contributed by atoms with van der Waals surface area (Å²) >= 11 is 8.97. The van der Waals surface area contributed by atoms with Crippen LogP contribution < -0.4 is 5.32 Å². The highest BCUT2D eigenvalue weighted by molar-refractivity contribution is 8.00. The Morgan fingerprint density at radius 1 is 1.37 bits per heavy atom. The van der Waals surface area contributed by atoms with E-state index in [9.17, 15) is 4.79 Å². The van der Waals surface area contributed by atoms with Crippen molar-refractivity contribution in [1.82, 2.24) is 20.1 Å². The Kier molecular flexibility index (Phi) is 6.71. The van der Waals surface area contributed by atoms with Crippen LogP contribution in [0.4, 0.5) is 0 Å². The van der Waals surface area contributed by atoms with Crippen LogP contribution in [-0.2, 0) is 17.9 Å². The number of carbonyl (C=O) groups is 1. The molecule has 0 bridgehead atoms. The summed E-state index contributed by atoms with van der Waals surface area (Å²) in [6, 6.07) is 11.4. The van der Waals surface area contributed by atoms with Crippen molar-refractivity contribution in [3.05, 3.63) is 64.3 Å². The molecule has 140 valence electrons. The number of nitrogens with zero attached hydrogens (tertiary/aromatic N) is 3. The van der Waals surface area contributed by atoms with Crippen LogP contribution in [0.1, 0.15) is 11.8 Å². The van der Waals surface area contributed by atoms with E-state index in [0.29, 0.717) is 23.3 Å². The molecule has 2 aromatic heterocycles. The fourth-order valence-electron chi connectivity index (χ4n) is 2.42. The van der Waals surface area contributed by atoms with Crippen molar-refractivity contribution in [2.45, 2.75) is 30.4 Å². The SMILES string of the molecule is C=CCn1c(S[C@@H](C)C(=O)NCc2cccs2)nnc1-c1ccc(Cl)cc1. The summed E-state index contributed by atoms with van der Waals surface area (Å²) in [6.45, 7) is 6.77. The second-order valence-corrected chi connectivity index (χ2v) is 8.55. The Morgan fingerprint density at radius 2 is 2.15 bits per heavy atom. The summed E-state index contributed by atoms with van der Waals surface area (Å²) in [5.74, 6) is 0.690. The van der Waals surface area contributed by atoms with Gasteiger partial charge >= 0.3 is 0 Å². The molecule has 0 saturated carbocycles. The zero-order valence-corrected chi connectivity index (χ0v) is 17.2. The maximum atomic E-state index is 12.4. The maximum absolute atomic E-state index is 12.4. The largest absolute Gasteiger partial charge is 0.350 e. The van der Waals surface area contributed by atoms with E-state index in [2.05, 4.69) is 22.1 Å². The Balaban J connectivity index is 1.72. The van der Waals surface area contributed by atoms with Gasteiger partial charge in [0.2, 0.25) is 5.91 Å². The van der Waals surface area contributed by atoms with Crippen LogP contribution >= 0.6 is 34.7 Å². The van der Waals surface area contributed by atoms with Crippen molar-refractivity contribution >= 4 is 40.6 Å². The van der Waals surface area contributed by atoms with Gasteiger partial charge in [-0.25, -0.2) is 0 Å². The maximum Gasteiger partial charge on any atom is 0.233 e. The number of halogens is 1. The molecule has 0 aliphatic carbocycles. The standard InChI is InChI=1S/C19H19ClN4OS2/c1-3-10-24-17(14-6-8-15(20)9-7-14)22-23-19(24)27-13(2)18(25)21-12-16-5-4-11-26-16/h3-9,11,13H,1,10,12H2,2H3,(H,21,25)/t13-/m0/s1. The second-order valence-electron chi connectivity index (χ2n) is 5.77. The van der Waals surface area contributed by atoms with Gasteiger partial charge < -0.3 is 5.32 Å². The van der Waals surface area contributed by atoms with Gasteiger partial charge in [0.15, 0.2) is 11.0 Å². The Labute approximate surface area is 171 Å². The van der Waals surface area contributed by atoms with Crippen LogP contribution in [0.2, 0.25) is 5.02 Å². The second kappa shape index (κ2) is 9.21. The monoisotopic (exact) mass is 418 g/mol. The first kappa shape index (κ1) is 19.7. The van der Waals surface area contributed by atoms with Crippen molar-refractivity contribution in [1.29, 1.82) is 0 Å². The molecule has 0 fully saturated rings. The summed E-state index contributed by atoms with van der Waals surface area (Å²) in [5.41, 5.74) is 0.912. The molecule has 2 heterocycles. The first-order valence-corrected chi connectivity index (χ1v) is 10.5. The molecule has 1 amide bonds. The number of nitrogens with one attached hydrogen (secondary N) is 1. The Morgan fingerprint density at radius 3 is 2.81 bits per heavy atom. The number of carbonyl (C=O) groups excluding carboxylic acids is 1. The molecular formula is C19H19ClN4OS2. The lowest BCUT2D eigenvalue weighted by Crippen LogP contribution is -2.30. The number of rotatable bonds is 8. The van der Waals surface area contributed by atoms with E-state index in [1.807, 2.05) is 53.3 Å². The minimum Gasteiger partial charge on any atom is -0.350 e. The zero-order valence-electron chi connectivity index (χ0n) is 14.8. The van der Waals surface area contributed by atoms with Gasteiger partial charge in [0.05, 0.1) is 11.8 Å². The van der Waals surface area contributed by atoms with Crippen LogP contribution in [-0.4, -0.2) is 25.9 Å². The molecule has 3 rings (SSSR count). The average Bonchev–Trinajstić information content (AvgIpc) is 3.31. The lowest BCUT2D eigenvalue weighted by atomic mass is 10.2. The van der Waals surface area contributed by atoms with Crippen molar-refractivity contribution in [3.63, 3.8) is 0 Å². The molecule has 8 heteroatoms. The van der Waals surface area contributed by atoms with Crippen LogP contribution in [0.5, 0.6) is 0 Å². The van der Waals surface area contributed by atoms with Gasteiger partial charge in [-0.15, -0.1) is 28.1 Å². The fraction of sp³-hybridized carbons (Fsp3) is 0.211. The highest BCUT2D eigenvalue weighted by Crippen LogP contribution is 2.27. The quantitative estimate of drug-likeness (QED) is 0.427. The molecule has 0 unspecified atom stereocenters. The molecule has 0 spiro atoms. The lowest BCUT2D eigenvalue weighted by Gasteiger charge is -2.12.